The van der Waals surface area contributed by atoms with Gasteiger partial charge in [0.25, 0.3) is 0 Å². The molecule has 1 rings (SSSR count). The zero-order valence-corrected chi connectivity index (χ0v) is 15.1. The Kier molecular flexibility index (Phi) is 19.5. The molecule has 0 bridgehead atoms. The predicted octanol–water partition coefficient (Wildman–Crippen LogP) is -1.32. The molecule has 5 nitrogen and oxygen atoms in total. The number of primary amides is 1. The maximum atomic E-state index is 9.47. The van der Waals surface area contributed by atoms with E-state index in [2.05, 4.69) is 46.1 Å². The van der Waals surface area contributed by atoms with Gasteiger partial charge in [-0.1, -0.05) is 25.8 Å². The van der Waals surface area contributed by atoms with E-state index in [1.165, 1.54) is 0 Å². The molecule has 0 aromatic heterocycles. The first-order chi connectivity index (χ1) is 10.3. The fraction of sp³-hybridized carbons (Fsp3) is 0.471. The average Bonchev–Trinajstić information content (AvgIpc) is 3.24. The van der Waals surface area contributed by atoms with Crippen molar-refractivity contribution >= 4 is 5.91 Å². The Labute approximate surface area is 147 Å². The van der Waals surface area contributed by atoms with Gasteiger partial charge in [-0.05, 0) is 18.2 Å². The van der Waals surface area contributed by atoms with Gasteiger partial charge in [-0.3, -0.25) is 4.79 Å². The Balaban J connectivity index is -0.000000265. The molecular weight excluding hydrogens is 316 g/mol. The van der Waals surface area contributed by atoms with Crippen LogP contribution in [0.4, 0.5) is 0 Å². The van der Waals surface area contributed by atoms with Crippen LogP contribution >= 0.6 is 0 Å². The highest BCUT2D eigenvalue weighted by Gasteiger charge is 2.21. The molecule has 1 unspecified atom stereocenters. The Morgan fingerprint density at radius 2 is 1.65 bits per heavy atom. The van der Waals surface area contributed by atoms with Gasteiger partial charge in [0.15, 0.2) is 0 Å². The van der Waals surface area contributed by atoms with E-state index in [0.717, 1.165) is 36.9 Å². The summed E-state index contributed by atoms with van der Waals surface area (Å²) in [4.78, 5) is 9.47. The molecule has 0 saturated carbocycles. The molecular formula is C17H31ClN2O3. The van der Waals surface area contributed by atoms with Crippen LogP contribution in [0.1, 0.15) is 0 Å². The fourth-order valence-corrected chi connectivity index (χ4v) is 1.22. The van der Waals surface area contributed by atoms with Gasteiger partial charge >= 0.3 is 0 Å². The van der Waals surface area contributed by atoms with E-state index in [4.69, 9.17) is 9.47 Å². The summed E-state index contributed by atoms with van der Waals surface area (Å²) in [5, 5.41) is 0. The minimum atomic E-state index is -0.481. The van der Waals surface area contributed by atoms with E-state index in [0.29, 0.717) is 12.7 Å². The number of hydrogen-bond donors (Lipinski definition) is 1. The molecule has 1 aliphatic rings. The maximum absolute atomic E-state index is 9.47. The fourth-order valence-electron chi connectivity index (χ4n) is 1.22. The van der Waals surface area contributed by atoms with Crippen LogP contribution in [0.5, 0.6) is 0 Å². The first-order valence-electron chi connectivity index (χ1n) is 7.08. The highest BCUT2D eigenvalue weighted by atomic mass is 35.5. The molecule has 2 N–H and O–H groups in total. The average molecular weight is 347 g/mol. The lowest BCUT2D eigenvalue weighted by molar-refractivity contribution is -0.878. The van der Waals surface area contributed by atoms with E-state index in [-0.39, 0.29) is 12.4 Å². The van der Waals surface area contributed by atoms with Crippen LogP contribution in [0.2, 0.25) is 0 Å². The smallest absolute Gasteiger partial charge is 0.240 e. The summed E-state index contributed by atoms with van der Waals surface area (Å²) in [5.41, 5.74) is 4.53. The van der Waals surface area contributed by atoms with Crippen molar-refractivity contribution < 1.29 is 31.2 Å². The summed E-state index contributed by atoms with van der Waals surface area (Å²) in [6.45, 7) is 18.2. The summed E-state index contributed by atoms with van der Waals surface area (Å²) in [5.74, 6) is -0.481. The lowest BCUT2D eigenvalue weighted by Gasteiger charge is -2.26. The van der Waals surface area contributed by atoms with Crippen LogP contribution in [0.15, 0.2) is 50.6 Å². The third-order valence-electron chi connectivity index (χ3n) is 2.39. The Hall–Kier alpha value is -1.40. The summed E-state index contributed by atoms with van der Waals surface area (Å²) in [7, 11) is 4.31. The van der Waals surface area contributed by atoms with Crippen LogP contribution < -0.4 is 18.1 Å². The van der Waals surface area contributed by atoms with Gasteiger partial charge in [-0.2, -0.15) is 0 Å². The number of hydrogen-bond acceptors (Lipinski definition) is 3. The van der Waals surface area contributed by atoms with Crippen LogP contribution in [0.25, 0.3) is 0 Å². The lowest BCUT2D eigenvalue weighted by Crippen LogP contribution is -3.00. The van der Waals surface area contributed by atoms with Gasteiger partial charge in [0.05, 0.1) is 47.0 Å². The number of carbonyl (C=O) groups is 1. The molecule has 1 saturated heterocycles. The maximum Gasteiger partial charge on any atom is 0.240 e. The number of halogens is 1. The summed E-state index contributed by atoms with van der Waals surface area (Å²) in [6.07, 6.45) is 7.05. The molecule has 1 heterocycles. The SMILES string of the molecule is C=CC(N)=O.C=CCOCC1CO1.C=CC[N+](C)(C)CC=C.[Cl-]. The van der Waals surface area contributed by atoms with Gasteiger partial charge in [-0.25, -0.2) is 0 Å². The second-order valence-electron chi connectivity index (χ2n) is 5.27. The number of rotatable bonds is 9. The number of nitrogens with two attached hydrogens (primary N) is 1. The molecule has 6 heteroatoms. The highest BCUT2D eigenvalue weighted by molar-refractivity contribution is 5.84. The minimum Gasteiger partial charge on any atom is -1.00 e. The largest absolute Gasteiger partial charge is 1.00 e. The van der Waals surface area contributed by atoms with Crippen LogP contribution in [0, 0.1) is 0 Å². The van der Waals surface area contributed by atoms with E-state index in [9.17, 15) is 4.79 Å². The van der Waals surface area contributed by atoms with Crippen molar-refractivity contribution in [1.82, 2.24) is 0 Å². The topological polar surface area (TPSA) is 64.9 Å². The lowest BCUT2D eigenvalue weighted by atomic mass is 10.4. The zero-order chi connectivity index (χ0) is 17.4. The molecule has 1 amide bonds. The molecule has 0 radical (unpaired) electrons. The van der Waals surface area contributed by atoms with E-state index >= 15 is 0 Å². The zero-order valence-electron chi connectivity index (χ0n) is 14.4. The van der Waals surface area contributed by atoms with Gasteiger partial charge in [0.2, 0.25) is 5.91 Å². The van der Waals surface area contributed by atoms with Gasteiger partial charge in [0.1, 0.15) is 6.10 Å². The monoisotopic (exact) mass is 346 g/mol. The normalized spacial score (nSPS) is 14.4. The number of amides is 1. The third-order valence-corrected chi connectivity index (χ3v) is 2.39. The molecule has 0 spiro atoms. The predicted molar refractivity (Wildman–Crippen MR) is 92.4 cm³/mol. The molecule has 134 valence electrons. The number of likely N-dealkylation sites (N-methyl/N-ethyl adjacent to an activating group) is 1. The van der Waals surface area contributed by atoms with Crippen LogP contribution in [0.3, 0.4) is 0 Å². The number of ether oxygens (including phenoxy) is 2. The first-order valence-corrected chi connectivity index (χ1v) is 7.08. The van der Waals surface area contributed by atoms with Crippen LogP contribution in [-0.2, 0) is 14.3 Å². The van der Waals surface area contributed by atoms with Crippen LogP contribution in [-0.4, -0.2) is 63.5 Å². The van der Waals surface area contributed by atoms with Gasteiger partial charge in [0, 0.05) is 0 Å². The van der Waals surface area contributed by atoms with E-state index < -0.39 is 5.91 Å². The summed E-state index contributed by atoms with van der Waals surface area (Å²) < 4.78 is 10.9. The molecule has 1 atom stereocenters. The molecule has 0 aromatic carbocycles. The Morgan fingerprint density at radius 3 is 1.91 bits per heavy atom. The number of epoxide rings is 1. The van der Waals surface area contributed by atoms with Gasteiger partial charge < -0.3 is 32.1 Å². The third kappa shape index (κ3) is 25.9. The second-order valence-corrected chi connectivity index (χ2v) is 5.27. The molecule has 23 heavy (non-hydrogen) atoms. The molecule has 0 aromatic rings. The van der Waals surface area contributed by atoms with Crippen molar-refractivity contribution in [2.45, 2.75) is 6.10 Å². The van der Waals surface area contributed by atoms with Crippen molar-refractivity contribution in [3.63, 3.8) is 0 Å². The Bertz CT molecular complexity index is 342. The summed E-state index contributed by atoms with van der Waals surface area (Å²) in [6, 6.07) is 0. The molecule has 1 fully saturated rings. The summed E-state index contributed by atoms with van der Waals surface area (Å²) >= 11 is 0. The highest BCUT2D eigenvalue weighted by Crippen LogP contribution is 2.07. The van der Waals surface area contributed by atoms with E-state index in [1.54, 1.807) is 6.08 Å². The Morgan fingerprint density at radius 1 is 1.22 bits per heavy atom. The van der Waals surface area contributed by atoms with Gasteiger partial charge in [-0.15, -0.1) is 6.58 Å². The van der Waals surface area contributed by atoms with Crippen molar-refractivity contribution in [1.29, 1.82) is 0 Å². The van der Waals surface area contributed by atoms with Crippen molar-refractivity contribution in [3.05, 3.63) is 50.6 Å². The second kappa shape index (κ2) is 17.0. The molecule has 0 aliphatic carbocycles. The molecule has 1 aliphatic heterocycles. The standard InChI is InChI=1S/C8H16N.C6H10O2.C3H5NO.ClH/c1-5-7-9(3,4)8-6-2;1-2-3-7-4-6-5-8-6;1-2-3(4)5;/h5-6H,1-2,7-8H2,3-4H3;2,6H,1,3-5H2;2H,1H2,(H2,4,5);1H/q+1;;;/p-1. The quantitative estimate of drug-likeness (QED) is 0.185. The van der Waals surface area contributed by atoms with Crippen molar-refractivity contribution in [3.8, 4) is 0 Å². The minimum absolute atomic E-state index is 0. The first kappa shape index (κ1) is 26.5. The number of carbonyl (C=O) groups excluding carboxylic acids is 1. The number of quaternary nitrogens is 1. The van der Waals surface area contributed by atoms with Crippen molar-refractivity contribution in [2.24, 2.45) is 5.73 Å². The number of nitrogens with zero attached hydrogens (tertiary/aromatic N) is 1. The van der Waals surface area contributed by atoms with Crippen molar-refractivity contribution in [2.75, 3.05) is 47.0 Å². The van der Waals surface area contributed by atoms with E-state index in [1.807, 2.05) is 12.2 Å².